The second-order valence-electron chi connectivity index (χ2n) is 4.43. The molecule has 1 N–H and O–H groups in total. The van der Waals surface area contributed by atoms with Crippen LogP contribution in [0.1, 0.15) is 25.8 Å². The van der Waals surface area contributed by atoms with Crippen molar-refractivity contribution in [1.29, 1.82) is 0 Å². The lowest BCUT2D eigenvalue weighted by atomic mass is 9.75. The summed E-state index contributed by atoms with van der Waals surface area (Å²) in [6.45, 7) is 3.43. The molecule has 0 aliphatic heterocycles. The van der Waals surface area contributed by atoms with Crippen molar-refractivity contribution in [3.05, 3.63) is 47.0 Å². The predicted octanol–water partition coefficient (Wildman–Crippen LogP) is 3.10. The van der Waals surface area contributed by atoms with Crippen molar-refractivity contribution in [2.45, 2.75) is 25.7 Å². The molecule has 1 aromatic rings. The van der Waals surface area contributed by atoms with Crippen molar-refractivity contribution in [3.8, 4) is 0 Å². The summed E-state index contributed by atoms with van der Waals surface area (Å²) < 4.78 is 4.98. The number of hydrogen-bond acceptors (Lipinski definition) is 3. The summed E-state index contributed by atoms with van der Waals surface area (Å²) in [6, 6.07) is 8.34. The van der Waals surface area contributed by atoms with Crippen molar-refractivity contribution in [3.63, 3.8) is 0 Å². The minimum atomic E-state index is -1.77. The molecule has 1 aromatic carbocycles. The van der Waals surface area contributed by atoms with Crippen LogP contribution in [-0.2, 0) is 19.7 Å². The largest absolute Gasteiger partial charge is 0.480 e. The molecule has 0 aromatic heterocycles. The summed E-state index contributed by atoms with van der Waals surface area (Å²) in [5.74, 6) is -2.03. The normalized spacial score (nSPS) is 14.4. The highest BCUT2D eigenvalue weighted by Gasteiger charge is 2.49. The third-order valence-corrected chi connectivity index (χ3v) is 3.36. The van der Waals surface area contributed by atoms with Crippen LogP contribution in [0.3, 0.4) is 0 Å². The van der Waals surface area contributed by atoms with Gasteiger partial charge in [-0.25, -0.2) is 0 Å². The van der Waals surface area contributed by atoms with Gasteiger partial charge in [-0.2, -0.15) is 0 Å². The molecule has 1 unspecified atom stereocenters. The van der Waals surface area contributed by atoms with E-state index in [1.165, 1.54) is 5.54 Å². The summed E-state index contributed by atoms with van der Waals surface area (Å²) in [5.41, 5.74) is 0.474. The second kappa shape index (κ2) is 7.10. The number of carboxylic acids is 1. The molecule has 0 fully saturated rings. The van der Waals surface area contributed by atoms with Gasteiger partial charge in [0.15, 0.2) is 5.41 Å². The first-order valence-electron chi connectivity index (χ1n) is 6.21. The van der Waals surface area contributed by atoms with Crippen LogP contribution in [0.5, 0.6) is 0 Å². The van der Waals surface area contributed by atoms with Gasteiger partial charge in [0.2, 0.25) is 0 Å². The van der Waals surface area contributed by atoms with E-state index in [-0.39, 0.29) is 13.0 Å². The fraction of sp³-hybridized carbons (Fsp3) is 0.333. The molecule has 0 saturated heterocycles. The number of esters is 1. The van der Waals surface area contributed by atoms with Gasteiger partial charge in [-0.1, -0.05) is 47.5 Å². The summed E-state index contributed by atoms with van der Waals surface area (Å²) in [4.78, 5) is 24.1. The number of benzene rings is 1. The van der Waals surface area contributed by atoms with Gasteiger partial charge < -0.3 is 9.84 Å². The highest BCUT2D eigenvalue weighted by molar-refractivity contribution is 6.25. The molecule has 5 heteroatoms. The van der Waals surface area contributed by atoms with E-state index in [0.29, 0.717) is 11.1 Å². The lowest BCUT2D eigenvalue weighted by Crippen LogP contribution is -2.45. The molecule has 0 bridgehead atoms. The maximum Gasteiger partial charge on any atom is 0.328 e. The van der Waals surface area contributed by atoms with E-state index in [0.717, 1.165) is 0 Å². The number of ether oxygens (including phenoxy) is 1. The molecule has 108 valence electrons. The van der Waals surface area contributed by atoms with Gasteiger partial charge in [0.25, 0.3) is 0 Å². The Kier molecular flexibility index (Phi) is 5.77. The molecule has 0 saturated carbocycles. The van der Waals surface area contributed by atoms with Crippen LogP contribution in [-0.4, -0.2) is 23.7 Å². The average Bonchev–Trinajstić information content (AvgIpc) is 2.45. The minimum absolute atomic E-state index is 0.0331. The van der Waals surface area contributed by atoms with Gasteiger partial charge in [0, 0.05) is 12.0 Å². The van der Waals surface area contributed by atoms with Crippen LogP contribution in [0.2, 0.25) is 0 Å². The number of rotatable bonds is 6. The zero-order valence-electron chi connectivity index (χ0n) is 11.4. The fourth-order valence-corrected chi connectivity index (χ4v) is 2.09. The van der Waals surface area contributed by atoms with Crippen molar-refractivity contribution in [2.75, 3.05) is 6.61 Å². The predicted molar refractivity (Wildman–Crippen MR) is 76.6 cm³/mol. The SMILES string of the molecule is CCOC(=O)C(C/C(C)=C/Cl)(C(=O)O)c1ccccc1. The molecular weight excluding hydrogens is 280 g/mol. The Morgan fingerprint density at radius 3 is 2.40 bits per heavy atom. The van der Waals surface area contributed by atoms with E-state index < -0.39 is 17.4 Å². The van der Waals surface area contributed by atoms with E-state index in [1.807, 2.05) is 0 Å². The molecule has 0 aliphatic carbocycles. The van der Waals surface area contributed by atoms with Gasteiger partial charge in [-0.15, -0.1) is 0 Å². The van der Waals surface area contributed by atoms with Gasteiger partial charge in [-0.3, -0.25) is 9.59 Å². The molecule has 1 atom stereocenters. The van der Waals surface area contributed by atoms with E-state index >= 15 is 0 Å². The monoisotopic (exact) mass is 296 g/mol. The Morgan fingerprint density at radius 1 is 1.35 bits per heavy atom. The van der Waals surface area contributed by atoms with Crippen LogP contribution < -0.4 is 0 Å². The third-order valence-electron chi connectivity index (χ3n) is 2.99. The quantitative estimate of drug-likeness (QED) is 0.647. The Balaban J connectivity index is 3.42. The average molecular weight is 297 g/mol. The molecule has 20 heavy (non-hydrogen) atoms. The maximum atomic E-state index is 12.3. The smallest absolute Gasteiger partial charge is 0.328 e. The number of aliphatic carboxylic acids is 1. The molecule has 0 aliphatic rings. The number of carbonyl (C=O) groups excluding carboxylic acids is 1. The molecule has 0 radical (unpaired) electrons. The highest BCUT2D eigenvalue weighted by Crippen LogP contribution is 2.33. The molecular formula is C15H17ClO4. The standard InChI is InChI=1S/C15H17ClO4/c1-3-20-14(19)15(13(17)18,9-11(2)10-16)12-7-5-4-6-8-12/h4-8,10H,3,9H2,1-2H3,(H,17,18)/b11-10+. The Hall–Kier alpha value is -1.81. The van der Waals surface area contributed by atoms with E-state index in [4.69, 9.17) is 16.3 Å². The topological polar surface area (TPSA) is 63.6 Å². The van der Waals surface area contributed by atoms with Crippen molar-refractivity contribution >= 4 is 23.5 Å². The number of halogens is 1. The number of carbonyl (C=O) groups is 2. The van der Waals surface area contributed by atoms with E-state index in [9.17, 15) is 14.7 Å². The van der Waals surface area contributed by atoms with Crippen molar-refractivity contribution < 1.29 is 19.4 Å². The van der Waals surface area contributed by atoms with Crippen LogP contribution >= 0.6 is 11.6 Å². The molecule has 0 spiro atoms. The number of allylic oxidation sites excluding steroid dienone is 1. The lowest BCUT2D eigenvalue weighted by molar-refractivity contribution is -0.161. The van der Waals surface area contributed by atoms with Crippen LogP contribution in [0.4, 0.5) is 0 Å². The second-order valence-corrected chi connectivity index (χ2v) is 4.65. The highest BCUT2D eigenvalue weighted by atomic mass is 35.5. The van der Waals surface area contributed by atoms with E-state index in [1.54, 1.807) is 44.2 Å². The summed E-state index contributed by atoms with van der Waals surface area (Å²) in [5, 5.41) is 9.65. The first kappa shape index (κ1) is 16.2. The zero-order chi connectivity index (χ0) is 15.2. The molecule has 4 nitrogen and oxygen atoms in total. The van der Waals surface area contributed by atoms with Crippen molar-refractivity contribution in [1.82, 2.24) is 0 Å². The first-order chi connectivity index (χ1) is 9.48. The van der Waals surface area contributed by atoms with Gasteiger partial charge in [-0.05, 0) is 19.4 Å². The van der Waals surface area contributed by atoms with Crippen LogP contribution in [0.25, 0.3) is 0 Å². The Morgan fingerprint density at radius 2 is 1.95 bits per heavy atom. The summed E-state index contributed by atoms with van der Waals surface area (Å²) in [7, 11) is 0. The number of hydrogen-bond donors (Lipinski definition) is 1. The van der Waals surface area contributed by atoms with Crippen LogP contribution in [0.15, 0.2) is 41.4 Å². The van der Waals surface area contributed by atoms with Crippen LogP contribution in [0, 0.1) is 0 Å². The van der Waals surface area contributed by atoms with E-state index in [2.05, 4.69) is 0 Å². The van der Waals surface area contributed by atoms with Crippen molar-refractivity contribution in [2.24, 2.45) is 0 Å². The lowest BCUT2D eigenvalue weighted by Gasteiger charge is -2.27. The Bertz CT molecular complexity index is 510. The van der Waals surface area contributed by atoms with Gasteiger partial charge >= 0.3 is 11.9 Å². The molecule has 0 heterocycles. The van der Waals surface area contributed by atoms with Gasteiger partial charge in [0.1, 0.15) is 0 Å². The molecule has 1 rings (SSSR count). The minimum Gasteiger partial charge on any atom is -0.480 e. The molecule has 0 amide bonds. The first-order valence-corrected chi connectivity index (χ1v) is 6.64. The fourth-order valence-electron chi connectivity index (χ4n) is 2.01. The maximum absolute atomic E-state index is 12.3. The summed E-state index contributed by atoms with van der Waals surface area (Å²) in [6.07, 6.45) is -0.0331. The number of carboxylic acid groups (broad SMARTS) is 1. The zero-order valence-corrected chi connectivity index (χ0v) is 12.2. The third kappa shape index (κ3) is 3.20. The Labute approximate surface area is 123 Å². The van der Waals surface area contributed by atoms with Gasteiger partial charge in [0.05, 0.1) is 6.61 Å². The summed E-state index contributed by atoms with van der Waals surface area (Å²) >= 11 is 5.62.